The molecule has 2 aromatic carbocycles. The zero-order chi connectivity index (χ0) is 15.4. The molecule has 2 rings (SSSR count). The highest BCUT2D eigenvalue weighted by Crippen LogP contribution is 2.26. The van der Waals surface area contributed by atoms with Gasteiger partial charge in [0.25, 0.3) is 5.91 Å². The fourth-order valence-electron chi connectivity index (χ4n) is 2.19. The summed E-state index contributed by atoms with van der Waals surface area (Å²) in [6.07, 6.45) is 0. The van der Waals surface area contributed by atoms with Gasteiger partial charge < -0.3 is 14.8 Å². The molecule has 0 spiro atoms. The Kier molecular flexibility index (Phi) is 4.48. The van der Waals surface area contributed by atoms with Crippen LogP contribution in [0.3, 0.4) is 0 Å². The Labute approximate surface area is 124 Å². The van der Waals surface area contributed by atoms with Crippen molar-refractivity contribution in [1.29, 1.82) is 0 Å². The standard InChI is InChI=1S/C17H19NO3/c1-11-5-12(2)7-13(6-11)17(19)18-14-8-15(20-3)10-16(9-14)21-4/h5-10H,1-4H3,(H,18,19). The lowest BCUT2D eigenvalue weighted by Crippen LogP contribution is -2.12. The summed E-state index contributed by atoms with van der Waals surface area (Å²) in [4.78, 5) is 12.3. The fourth-order valence-corrected chi connectivity index (χ4v) is 2.19. The van der Waals surface area contributed by atoms with Crippen LogP contribution in [0.25, 0.3) is 0 Å². The summed E-state index contributed by atoms with van der Waals surface area (Å²) in [5.74, 6) is 1.10. The molecule has 0 saturated heterocycles. The summed E-state index contributed by atoms with van der Waals surface area (Å²) >= 11 is 0. The lowest BCUT2D eigenvalue weighted by atomic mass is 10.1. The van der Waals surface area contributed by atoms with Gasteiger partial charge in [-0.25, -0.2) is 0 Å². The molecule has 2 aromatic rings. The molecule has 1 N–H and O–H groups in total. The topological polar surface area (TPSA) is 47.6 Å². The lowest BCUT2D eigenvalue weighted by molar-refractivity contribution is 0.102. The van der Waals surface area contributed by atoms with Crippen molar-refractivity contribution in [2.75, 3.05) is 19.5 Å². The van der Waals surface area contributed by atoms with E-state index in [1.54, 1.807) is 32.4 Å². The van der Waals surface area contributed by atoms with Gasteiger partial charge >= 0.3 is 0 Å². The first-order valence-corrected chi connectivity index (χ1v) is 6.64. The number of rotatable bonds is 4. The van der Waals surface area contributed by atoms with Crippen LogP contribution in [0.1, 0.15) is 21.5 Å². The number of ether oxygens (including phenoxy) is 2. The number of nitrogens with one attached hydrogen (secondary N) is 1. The molecule has 0 aliphatic rings. The molecule has 0 aromatic heterocycles. The molecule has 0 unspecified atom stereocenters. The second-order valence-electron chi connectivity index (χ2n) is 4.93. The van der Waals surface area contributed by atoms with E-state index in [9.17, 15) is 4.79 Å². The van der Waals surface area contributed by atoms with Crippen molar-refractivity contribution in [3.8, 4) is 11.5 Å². The quantitative estimate of drug-likeness (QED) is 0.934. The third-order valence-corrected chi connectivity index (χ3v) is 3.09. The molecule has 0 fully saturated rings. The van der Waals surface area contributed by atoms with Gasteiger partial charge in [0.15, 0.2) is 0 Å². The maximum atomic E-state index is 12.3. The van der Waals surface area contributed by atoms with Crippen LogP contribution >= 0.6 is 0 Å². The van der Waals surface area contributed by atoms with E-state index < -0.39 is 0 Å². The minimum absolute atomic E-state index is 0.155. The van der Waals surface area contributed by atoms with Gasteiger partial charge in [0.1, 0.15) is 11.5 Å². The molecule has 0 aliphatic carbocycles. The number of hydrogen-bond donors (Lipinski definition) is 1. The number of aryl methyl sites for hydroxylation is 2. The van der Waals surface area contributed by atoms with Gasteiger partial charge in [0.05, 0.1) is 14.2 Å². The predicted octanol–water partition coefficient (Wildman–Crippen LogP) is 3.57. The number of anilines is 1. The van der Waals surface area contributed by atoms with Gasteiger partial charge in [-0.15, -0.1) is 0 Å². The van der Waals surface area contributed by atoms with Crippen molar-refractivity contribution in [3.05, 3.63) is 53.1 Å². The minimum Gasteiger partial charge on any atom is -0.497 e. The highest BCUT2D eigenvalue weighted by Gasteiger charge is 2.09. The third-order valence-electron chi connectivity index (χ3n) is 3.09. The smallest absolute Gasteiger partial charge is 0.255 e. The molecule has 110 valence electrons. The van der Waals surface area contributed by atoms with Crippen molar-refractivity contribution in [3.63, 3.8) is 0 Å². The maximum Gasteiger partial charge on any atom is 0.255 e. The predicted molar refractivity (Wildman–Crippen MR) is 83.4 cm³/mol. The van der Waals surface area contributed by atoms with Gasteiger partial charge in [0.2, 0.25) is 0 Å². The Morgan fingerprint density at radius 2 is 1.38 bits per heavy atom. The van der Waals surface area contributed by atoms with E-state index in [1.165, 1.54) is 0 Å². The van der Waals surface area contributed by atoms with Gasteiger partial charge in [-0.05, 0) is 26.0 Å². The summed E-state index contributed by atoms with van der Waals surface area (Å²) in [6, 6.07) is 11.0. The second-order valence-corrected chi connectivity index (χ2v) is 4.93. The fraction of sp³-hybridized carbons (Fsp3) is 0.235. The maximum absolute atomic E-state index is 12.3. The first-order chi connectivity index (χ1) is 10.0. The van der Waals surface area contributed by atoms with Gasteiger partial charge in [-0.3, -0.25) is 4.79 Å². The summed E-state index contributed by atoms with van der Waals surface area (Å²) in [6.45, 7) is 3.94. The van der Waals surface area contributed by atoms with Crippen LogP contribution in [0.15, 0.2) is 36.4 Å². The highest BCUT2D eigenvalue weighted by atomic mass is 16.5. The SMILES string of the molecule is COc1cc(NC(=O)c2cc(C)cc(C)c2)cc(OC)c1. The van der Waals surface area contributed by atoms with Crippen molar-refractivity contribution in [1.82, 2.24) is 0 Å². The first-order valence-electron chi connectivity index (χ1n) is 6.64. The highest BCUT2D eigenvalue weighted by molar-refractivity contribution is 6.04. The number of hydrogen-bond acceptors (Lipinski definition) is 3. The number of benzene rings is 2. The number of carbonyl (C=O) groups is 1. The molecule has 0 atom stereocenters. The van der Waals surface area contributed by atoms with Gasteiger partial charge in [0, 0.05) is 29.4 Å². The van der Waals surface area contributed by atoms with Crippen LogP contribution in [-0.2, 0) is 0 Å². The summed E-state index contributed by atoms with van der Waals surface area (Å²) < 4.78 is 10.4. The van der Waals surface area contributed by atoms with E-state index in [2.05, 4.69) is 5.32 Å². The van der Waals surface area contributed by atoms with Crippen LogP contribution in [-0.4, -0.2) is 20.1 Å². The molecule has 0 heterocycles. The third kappa shape index (κ3) is 3.75. The average molecular weight is 285 g/mol. The Morgan fingerprint density at radius 1 is 0.857 bits per heavy atom. The monoisotopic (exact) mass is 285 g/mol. The van der Waals surface area contributed by atoms with E-state index in [-0.39, 0.29) is 5.91 Å². The molecule has 4 heteroatoms. The first kappa shape index (κ1) is 14.9. The second kappa shape index (κ2) is 6.31. The van der Waals surface area contributed by atoms with E-state index in [0.717, 1.165) is 11.1 Å². The Hall–Kier alpha value is -2.49. The Balaban J connectivity index is 2.26. The van der Waals surface area contributed by atoms with Gasteiger partial charge in [-0.1, -0.05) is 17.2 Å². The Morgan fingerprint density at radius 3 is 1.86 bits per heavy atom. The van der Waals surface area contributed by atoms with E-state index >= 15 is 0 Å². The van der Waals surface area contributed by atoms with Crippen molar-refractivity contribution in [2.24, 2.45) is 0 Å². The zero-order valence-corrected chi connectivity index (χ0v) is 12.7. The number of carbonyl (C=O) groups excluding carboxylic acids is 1. The largest absolute Gasteiger partial charge is 0.497 e. The summed E-state index contributed by atoms with van der Waals surface area (Å²) in [7, 11) is 3.15. The summed E-state index contributed by atoms with van der Waals surface area (Å²) in [5.41, 5.74) is 3.39. The molecule has 4 nitrogen and oxygen atoms in total. The summed E-state index contributed by atoms with van der Waals surface area (Å²) in [5, 5.41) is 2.86. The molecule has 21 heavy (non-hydrogen) atoms. The average Bonchev–Trinajstić information content (AvgIpc) is 2.45. The van der Waals surface area contributed by atoms with Crippen molar-refractivity contribution < 1.29 is 14.3 Å². The van der Waals surface area contributed by atoms with Crippen molar-refractivity contribution in [2.45, 2.75) is 13.8 Å². The van der Waals surface area contributed by atoms with E-state index in [0.29, 0.717) is 22.7 Å². The zero-order valence-electron chi connectivity index (χ0n) is 12.7. The Bertz CT molecular complexity index is 623. The van der Waals surface area contributed by atoms with Crippen molar-refractivity contribution >= 4 is 11.6 Å². The molecular formula is C17H19NO3. The molecule has 0 aliphatic heterocycles. The van der Waals surface area contributed by atoms with Crippen LogP contribution in [0.4, 0.5) is 5.69 Å². The van der Waals surface area contributed by atoms with E-state index in [4.69, 9.17) is 9.47 Å². The molecular weight excluding hydrogens is 266 g/mol. The molecule has 0 radical (unpaired) electrons. The lowest BCUT2D eigenvalue weighted by Gasteiger charge is -2.10. The normalized spacial score (nSPS) is 10.1. The molecule has 0 saturated carbocycles. The minimum atomic E-state index is -0.155. The van der Waals surface area contributed by atoms with Crippen LogP contribution in [0.2, 0.25) is 0 Å². The molecule has 1 amide bonds. The van der Waals surface area contributed by atoms with Crippen LogP contribution < -0.4 is 14.8 Å². The van der Waals surface area contributed by atoms with Crippen LogP contribution in [0, 0.1) is 13.8 Å². The van der Waals surface area contributed by atoms with E-state index in [1.807, 2.05) is 32.0 Å². The van der Waals surface area contributed by atoms with Crippen LogP contribution in [0.5, 0.6) is 11.5 Å². The molecule has 0 bridgehead atoms. The number of methoxy groups -OCH3 is 2. The number of amides is 1. The van der Waals surface area contributed by atoms with Gasteiger partial charge in [-0.2, -0.15) is 0 Å².